The Bertz CT molecular complexity index is 2160. The van der Waals surface area contributed by atoms with Crippen LogP contribution >= 0.6 is 11.6 Å². The third-order valence-corrected chi connectivity index (χ3v) is 10.0. The van der Waals surface area contributed by atoms with Gasteiger partial charge in [0.2, 0.25) is 11.8 Å². The van der Waals surface area contributed by atoms with Crippen molar-refractivity contribution in [2.75, 3.05) is 20.2 Å². The van der Waals surface area contributed by atoms with E-state index in [2.05, 4.69) is 27.6 Å². The quantitative estimate of drug-likeness (QED) is 0.154. The predicted octanol–water partition coefficient (Wildman–Crippen LogP) is 6.20. The van der Waals surface area contributed by atoms with Gasteiger partial charge in [-0.2, -0.15) is 0 Å². The molecular weight excluding hydrogens is 680 g/mol. The number of ether oxygens (including phenoxy) is 1. The second kappa shape index (κ2) is 14.9. The number of methoxy groups -OCH3 is 1. The van der Waals surface area contributed by atoms with Gasteiger partial charge in [0.1, 0.15) is 17.6 Å². The van der Waals surface area contributed by atoms with E-state index < -0.39 is 6.04 Å². The largest absolute Gasteiger partial charge is 0.504 e. The molecule has 0 spiro atoms. The predicted molar refractivity (Wildman–Crippen MR) is 197 cm³/mol. The first-order valence-corrected chi connectivity index (χ1v) is 17.6. The van der Waals surface area contributed by atoms with Crippen LogP contribution < -0.4 is 10.1 Å². The van der Waals surface area contributed by atoms with Crippen molar-refractivity contribution >= 4 is 29.1 Å². The van der Waals surface area contributed by atoms with Crippen LogP contribution in [0.25, 0.3) is 5.69 Å². The highest BCUT2D eigenvalue weighted by Crippen LogP contribution is 2.35. The van der Waals surface area contributed by atoms with Crippen molar-refractivity contribution in [3.63, 3.8) is 0 Å². The van der Waals surface area contributed by atoms with Crippen LogP contribution in [-0.4, -0.2) is 67.6 Å². The highest BCUT2D eigenvalue weighted by atomic mass is 35.5. The topological polar surface area (TPSA) is 142 Å². The molecule has 12 heteroatoms. The van der Waals surface area contributed by atoms with Crippen LogP contribution in [0.4, 0.5) is 0 Å². The molecule has 0 aliphatic carbocycles. The molecular formula is C40H39ClN6O5. The van der Waals surface area contributed by atoms with E-state index in [4.69, 9.17) is 21.3 Å². The van der Waals surface area contributed by atoms with E-state index in [0.29, 0.717) is 59.2 Å². The number of benzene rings is 4. The number of halogens is 1. The number of carbonyl (C=O) groups excluding carboxylic acids is 2. The highest BCUT2D eigenvalue weighted by Gasteiger charge is 2.30. The number of phenols is 2. The first kappa shape index (κ1) is 34.8. The number of aromatic hydroxyl groups is 2. The summed E-state index contributed by atoms with van der Waals surface area (Å²) in [5, 5.41) is 31.9. The number of carbonyl (C=O) groups is 2. The summed E-state index contributed by atoms with van der Waals surface area (Å²) in [4.78, 5) is 33.5. The Hall–Kier alpha value is -5.68. The smallest absolute Gasteiger partial charge is 0.226 e. The summed E-state index contributed by atoms with van der Waals surface area (Å²) in [5.41, 5.74) is 6.06. The molecule has 5 aromatic rings. The van der Waals surface area contributed by atoms with Gasteiger partial charge in [-0.1, -0.05) is 54.1 Å². The molecule has 11 nitrogen and oxygen atoms in total. The third-order valence-electron chi connectivity index (χ3n) is 9.78. The van der Waals surface area contributed by atoms with Crippen LogP contribution in [0.15, 0.2) is 89.9 Å². The number of nitrogens with one attached hydrogen (secondary N) is 1. The molecule has 52 heavy (non-hydrogen) atoms. The SMILES string of the molecule is COc1ccc2c(c1)C(c1ccc(Cl)cc1)=N[C@@H](CC(=O)NCc1cccc(C3CCN(C(=O)Cc4ccc(O)c(O)c4)CC3)c1)c1nnc(C)n1-2. The van der Waals surface area contributed by atoms with E-state index in [0.717, 1.165) is 35.2 Å². The van der Waals surface area contributed by atoms with Crippen molar-refractivity contribution in [3.05, 3.63) is 129 Å². The van der Waals surface area contributed by atoms with E-state index in [-0.39, 0.29) is 36.2 Å². The van der Waals surface area contributed by atoms with E-state index in [9.17, 15) is 19.8 Å². The zero-order valence-electron chi connectivity index (χ0n) is 28.9. The minimum Gasteiger partial charge on any atom is -0.504 e. The van der Waals surface area contributed by atoms with Crippen LogP contribution in [0.3, 0.4) is 0 Å². The number of piperidine rings is 1. The molecule has 1 aromatic heterocycles. The first-order chi connectivity index (χ1) is 25.2. The number of fused-ring (bicyclic) bond motifs is 3. The Morgan fingerprint density at radius 2 is 1.71 bits per heavy atom. The van der Waals surface area contributed by atoms with Crippen LogP contribution in [-0.2, 0) is 22.6 Å². The summed E-state index contributed by atoms with van der Waals surface area (Å²) < 4.78 is 7.53. The summed E-state index contributed by atoms with van der Waals surface area (Å²) in [6, 6.07) is 25.4. The van der Waals surface area contributed by atoms with Crippen molar-refractivity contribution in [1.29, 1.82) is 0 Å². The fourth-order valence-corrected chi connectivity index (χ4v) is 7.14. The van der Waals surface area contributed by atoms with Gasteiger partial charge in [-0.3, -0.25) is 19.1 Å². The standard InChI is InChI=1S/C40H39ClN6O5/c1-24-44-45-40-33(43-39(28-7-9-30(41)10-8-28)32-21-31(52-2)11-12-34(32)47(24)40)22-37(50)42-23-26-4-3-5-29(18-26)27-14-16-46(17-15-27)38(51)20-25-6-13-35(48)36(49)19-25/h3-13,18-19,21,27,33,48-49H,14-17,20,22-23H2,1-2H3,(H,42,50)/t33-/m0/s1. The van der Waals surface area contributed by atoms with E-state index >= 15 is 0 Å². The second-order valence-electron chi connectivity index (χ2n) is 13.2. The molecule has 1 atom stereocenters. The number of hydrogen-bond acceptors (Lipinski definition) is 8. The van der Waals surface area contributed by atoms with Gasteiger partial charge in [0.05, 0.1) is 31.4 Å². The van der Waals surface area contributed by atoms with Crippen molar-refractivity contribution in [1.82, 2.24) is 25.0 Å². The van der Waals surface area contributed by atoms with Crippen LogP contribution in [0.1, 0.15) is 70.7 Å². The molecule has 266 valence electrons. The van der Waals surface area contributed by atoms with Gasteiger partial charge in [0.25, 0.3) is 0 Å². The fraction of sp³-hybridized carbons (Fsp3) is 0.275. The lowest BCUT2D eigenvalue weighted by Crippen LogP contribution is -2.38. The maximum absolute atomic E-state index is 13.6. The molecule has 7 rings (SSSR count). The van der Waals surface area contributed by atoms with E-state index in [1.54, 1.807) is 13.2 Å². The average molecular weight is 719 g/mol. The van der Waals surface area contributed by atoms with Crippen LogP contribution in [0.2, 0.25) is 5.02 Å². The molecule has 1 saturated heterocycles. The molecule has 1 fully saturated rings. The molecule has 4 aromatic carbocycles. The number of aliphatic imine (C=N–C) groups is 1. The molecule has 2 aliphatic heterocycles. The number of rotatable bonds is 9. The monoisotopic (exact) mass is 718 g/mol. The highest BCUT2D eigenvalue weighted by molar-refractivity contribution is 6.30. The molecule has 0 radical (unpaired) electrons. The van der Waals surface area contributed by atoms with Crippen LogP contribution in [0, 0.1) is 6.92 Å². The third kappa shape index (κ3) is 7.36. The zero-order chi connectivity index (χ0) is 36.4. The zero-order valence-corrected chi connectivity index (χ0v) is 29.7. The Morgan fingerprint density at radius 3 is 2.46 bits per heavy atom. The van der Waals surface area contributed by atoms with Gasteiger partial charge >= 0.3 is 0 Å². The summed E-state index contributed by atoms with van der Waals surface area (Å²) in [7, 11) is 1.62. The van der Waals surface area contributed by atoms with Gasteiger partial charge in [0, 0.05) is 35.8 Å². The lowest BCUT2D eigenvalue weighted by atomic mass is 9.88. The summed E-state index contributed by atoms with van der Waals surface area (Å²) in [6.07, 6.45) is 1.89. The number of aromatic nitrogens is 3. The minimum absolute atomic E-state index is 0.00434. The summed E-state index contributed by atoms with van der Waals surface area (Å²) in [6.45, 7) is 3.51. The number of phenolic OH excluding ortho intramolecular Hbond substituents is 2. The van der Waals surface area contributed by atoms with Crippen LogP contribution in [0.5, 0.6) is 17.2 Å². The second-order valence-corrected chi connectivity index (χ2v) is 13.6. The Kier molecular flexibility index (Phi) is 9.95. The molecule has 2 amide bonds. The van der Waals surface area contributed by atoms with Gasteiger partial charge in [-0.05, 0) is 84.8 Å². The number of hydrogen-bond donors (Lipinski definition) is 3. The normalized spacial score (nSPS) is 15.6. The Morgan fingerprint density at radius 1 is 0.923 bits per heavy atom. The maximum Gasteiger partial charge on any atom is 0.226 e. The minimum atomic E-state index is -0.607. The number of amides is 2. The lowest BCUT2D eigenvalue weighted by molar-refractivity contribution is -0.131. The first-order valence-electron chi connectivity index (χ1n) is 17.3. The van der Waals surface area contributed by atoms with Crippen molar-refractivity contribution < 1.29 is 24.5 Å². The van der Waals surface area contributed by atoms with Crippen molar-refractivity contribution in [2.24, 2.45) is 4.99 Å². The molecule has 0 bridgehead atoms. The molecule has 0 saturated carbocycles. The van der Waals surface area contributed by atoms with E-state index in [1.165, 1.54) is 17.7 Å². The Labute approximate surface area is 306 Å². The molecule has 3 N–H and O–H groups in total. The lowest BCUT2D eigenvalue weighted by Gasteiger charge is -2.32. The molecule has 2 aliphatic rings. The summed E-state index contributed by atoms with van der Waals surface area (Å²) in [5.74, 6) is 1.63. The van der Waals surface area contributed by atoms with Gasteiger partial charge in [-0.15, -0.1) is 10.2 Å². The van der Waals surface area contributed by atoms with Crippen molar-refractivity contribution in [2.45, 2.75) is 51.1 Å². The Balaban J connectivity index is 1.03. The number of nitrogens with zero attached hydrogens (tertiary/aromatic N) is 5. The van der Waals surface area contributed by atoms with Gasteiger partial charge in [-0.25, -0.2) is 0 Å². The number of likely N-dealkylation sites (tertiary alicyclic amines) is 1. The van der Waals surface area contributed by atoms with E-state index in [1.807, 2.05) is 71.0 Å². The van der Waals surface area contributed by atoms with Crippen molar-refractivity contribution in [3.8, 4) is 22.9 Å². The number of aryl methyl sites for hydroxylation is 1. The summed E-state index contributed by atoms with van der Waals surface area (Å²) >= 11 is 6.23. The maximum atomic E-state index is 13.6. The molecule has 0 unspecified atom stereocenters. The van der Waals surface area contributed by atoms with Gasteiger partial charge in [0.15, 0.2) is 17.3 Å². The fourth-order valence-electron chi connectivity index (χ4n) is 7.01. The average Bonchev–Trinajstić information content (AvgIpc) is 3.48. The van der Waals surface area contributed by atoms with Gasteiger partial charge < -0.3 is 25.2 Å². The molecule has 3 heterocycles.